The van der Waals surface area contributed by atoms with Crippen LogP contribution in [0.5, 0.6) is 0 Å². The number of hydrogen-bond donors (Lipinski definition) is 0. The highest BCUT2D eigenvalue weighted by Crippen LogP contribution is 2.30. The Bertz CT molecular complexity index is 685. The first-order chi connectivity index (χ1) is 12.0. The van der Waals surface area contributed by atoms with Crippen molar-refractivity contribution in [2.45, 2.75) is 32.2 Å². The molecule has 134 valence electrons. The fraction of sp³-hybridized carbons (Fsp3) is 0.500. The molecular weight excluding hydrogens is 327 g/mol. The third-order valence-corrected chi connectivity index (χ3v) is 4.81. The predicted molar refractivity (Wildman–Crippen MR) is 88.2 cm³/mol. The number of amides is 2. The van der Waals surface area contributed by atoms with Gasteiger partial charge in [0, 0.05) is 0 Å². The van der Waals surface area contributed by atoms with Crippen LogP contribution in [0.3, 0.4) is 0 Å². The molecule has 2 fully saturated rings. The average molecular weight is 348 g/mol. The van der Waals surface area contributed by atoms with Crippen LogP contribution in [0, 0.1) is 11.7 Å². The van der Waals surface area contributed by atoms with Gasteiger partial charge in [0.15, 0.2) is 0 Å². The Kier molecular flexibility index (Phi) is 5.13. The molecule has 2 aliphatic heterocycles. The summed E-state index contributed by atoms with van der Waals surface area (Å²) in [6.45, 7) is 3.20. The number of carbonyl (C=O) groups excluding carboxylic acids is 3. The van der Waals surface area contributed by atoms with Gasteiger partial charge in [0.25, 0.3) is 5.91 Å². The summed E-state index contributed by atoms with van der Waals surface area (Å²) < 4.78 is 19.0. The Labute approximate surface area is 145 Å². The van der Waals surface area contributed by atoms with E-state index in [9.17, 15) is 18.8 Å². The van der Waals surface area contributed by atoms with E-state index in [2.05, 4.69) is 0 Å². The minimum absolute atomic E-state index is 0.00131. The summed E-state index contributed by atoms with van der Waals surface area (Å²) in [6.07, 6.45) is 1.23. The Morgan fingerprint density at radius 1 is 1.24 bits per heavy atom. The van der Waals surface area contributed by atoms with Gasteiger partial charge in [-0.1, -0.05) is 12.1 Å². The number of esters is 1. The van der Waals surface area contributed by atoms with Crippen LogP contribution in [-0.2, 0) is 19.1 Å². The molecule has 1 aromatic rings. The lowest BCUT2D eigenvalue weighted by Gasteiger charge is -2.33. The van der Waals surface area contributed by atoms with Crippen molar-refractivity contribution in [1.29, 1.82) is 0 Å². The van der Waals surface area contributed by atoms with Gasteiger partial charge in [-0.3, -0.25) is 19.3 Å². The number of rotatable bonds is 4. The first-order valence-corrected chi connectivity index (χ1v) is 8.55. The average Bonchev–Trinajstić information content (AvgIpc) is 2.90. The monoisotopic (exact) mass is 348 g/mol. The molecule has 2 saturated heterocycles. The summed E-state index contributed by atoms with van der Waals surface area (Å²) in [4.78, 5) is 39.6. The number of benzene rings is 1. The number of hydrogen-bond acceptors (Lipinski definition) is 5. The van der Waals surface area contributed by atoms with E-state index in [1.807, 2.05) is 4.90 Å². The molecule has 0 unspecified atom stereocenters. The summed E-state index contributed by atoms with van der Waals surface area (Å²) in [5.74, 6) is -1.75. The number of imide groups is 1. The smallest absolute Gasteiger partial charge is 0.309 e. The first kappa shape index (κ1) is 17.5. The van der Waals surface area contributed by atoms with E-state index in [4.69, 9.17) is 4.74 Å². The number of halogens is 1. The van der Waals surface area contributed by atoms with E-state index in [0.717, 1.165) is 4.90 Å². The molecule has 2 amide bonds. The maximum atomic E-state index is 14.0. The van der Waals surface area contributed by atoms with Gasteiger partial charge >= 0.3 is 5.97 Å². The molecule has 3 rings (SSSR count). The molecule has 0 aliphatic carbocycles. The number of likely N-dealkylation sites (tertiary alicyclic amines) is 1. The number of ether oxygens (including phenoxy) is 1. The molecule has 1 aromatic carbocycles. The van der Waals surface area contributed by atoms with Crippen molar-refractivity contribution in [1.82, 2.24) is 4.90 Å². The van der Waals surface area contributed by atoms with Gasteiger partial charge in [-0.2, -0.15) is 0 Å². The van der Waals surface area contributed by atoms with Crippen molar-refractivity contribution in [3.63, 3.8) is 0 Å². The fourth-order valence-corrected chi connectivity index (χ4v) is 3.49. The van der Waals surface area contributed by atoms with Crippen molar-refractivity contribution >= 4 is 23.5 Å². The second-order valence-electron chi connectivity index (χ2n) is 6.30. The second-order valence-corrected chi connectivity index (χ2v) is 6.30. The zero-order valence-corrected chi connectivity index (χ0v) is 14.1. The Morgan fingerprint density at radius 3 is 2.56 bits per heavy atom. The number of para-hydroxylation sites is 1. The lowest BCUT2D eigenvalue weighted by atomic mass is 9.95. The summed E-state index contributed by atoms with van der Waals surface area (Å²) in [5.41, 5.74) is 0.00131. The molecule has 0 aromatic heterocycles. The van der Waals surface area contributed by atoms with Crippen molar-refractivity contribution < 1.29 is 23.5 Å². The molecule has 0 spiro atoms. The summed E-state index contributed by atoms with van der Waals surface area (Å²) in [7, 11) is 0. The minimum atomic E-state index is -0.592. The van der Waals surface area contributed by atoms with Crippen LogP contribution in [-0.4, -0.2) is 48.4 Å². The van der Waals surface area contributed by atoms with E-state index in [0.29, 0.717) is 32.5 Å². The van der Waals surface area contributed by atoms with Crippen LogP contribution in [0.15, 0.2) is 24.3 Å². The zero-order chi connectivity index (χ0) is 18.0. The van der Waals surface area contributed by atoms with Gasteiger partial charge in [-0.05, 0) is 45.0 Å². The molecule has 1 atom stereocenters. The van der Waals surface area contributed by atoms with Gasteiger partial charge in [0.1, 0.15) is 5.82 Å². The third kappa shape index (κ3) is 3.42. The molecule has 25 heavy (non-hydrogen) atoms. The molecule has 0 saturated carbocycles. The zero-order valence-electron chi connectivity index (χ0n) is 14.1. The van der Waals surface area contributed by atoms with Gasteiger partial charge in [0.05, 0.1) is 30.7 Å². The highest BCUT2D eigenvalue weighted by Gasteiger charge is 2.44. The molecular formula is C18H21FN2O4. The van der Waals surface area contributed by atoms with Crippen molar-refractivity contribution in [3.8, 4) is 0 Å². The van der Waals surface area contributed by atoms with E-state index < -0.39 is 23.7 Å². The van der Waals surface area contributed by atoms with E-state index in [1.54, 1.807) is 13.0 Å². The molecule has 0 radical (unpaired) electrons. The van der Waals surface area contributed by atoms with Crippen LogP contribution in [0.25, 0.3) is 0 Å². The maximum absolute atomic E-state index is 14.0. The Hall–Kier alpha value is -2.28. The third-order valence-electron chi connectivity index (χ3n) is 4.81. The van der Waals surface area contributed by atoms with Crippen LogP contribution in [0.2, 0.25) is 0 Å². The largest absolute Gasteiger partial charge is 0.466 e. The summed E-state index contributed by atoms with van der Waals surface area (Å²) >= 11 is 0. The van der Waals surface area contributed by atoms with E-state index in [-0.39, 0.29) is 24.0 Å². The molecule has 7 heteroatoms. The number of carbonyl (C=O) groups is 3. The maximum Gasteiger partial charge on any atom is 0.309 e. The second kappa shape index (κ2) is 7.31. The summed E-state index contributed by atoms with van der Waals surface area (Å²) in [5, 5.41) is 0. The van der Waals surface area contributed by atoms with Crippen molar-refractivity contribution in [2.24, 2.45) is 5.92 Å². The van der Waals surface area contributed by atoms with Crippen molar-refractivity contribution in [2.75, 3.05) is 24.6 Å². The van der Waals surface area contributed by atoms with Crippen LogP contribution in [0.1, 0.15) is 26.2 Å². The number of nitrogens with zero attached hydrogens (tertiary/aromatic N) is 2. The van der Waals surface area contributed by atoms with Crippen molar-refractivity contribution in [3.05, 3.63) is 30.1 Å². The first-order valence-electron chi connectivity index (χ1n) is 8.55. The normalized spacial score (nSPS) is 22.5. The molecule has 2 aliphatic rings. The topological polar surface area (TPSA) is 66.9 Å². The lowest BCUT2D eigenvalue weighted by Crippen LogP contribution is -2.47. The SMILES string of the molecule is CCOC(=O)C1CCN([C@@H]2CC(=O)N(c3ccccc3F)C2=O)CC1. The van der Waals surface area contributed by atoms with Crippen LogP contribution < -0.4 is 4.90 Å². The Morgan fingerprint density at radius 2 is 1.92 bits per heavy atom. The van der Waals surface area contributed by atoms with E-state index in [1.165, 1.54) is 18.2 Å². The van der Waals surface area contributed by atoms with Gasteiger partial charge in [0.2, 0.25) is 5.91 Å². The number of anilines is 1. The van der Waals surface area contributed by atoms with Gasteiger partial charge in [-0.25, -0.2) is 9.29 Å². The lowest BCUT2D eigenvalue weighted by molar-refractivity contribution is -0.149. The van der Waals surface area contributed by atoms with Gasteiger partial charge < -0.3 is 4.74 Å². The van der Waals surface area contributed by atoms with Gasteiger partial charge in [-0.15, -0.1) is 0 Å². The molecule has 6 nitrogen and oxygen atoms in total. The number of piperidine rings is 1. The fourth-order valence-electron chi connectivity index (χ4n) is 3.49. The highest BCUT2D eigenvalue weighted by molar-refractivity contribution is 6.22. The van der Waals surface area contributed by atoms with Crippen LogP contribution >= 0.6 is 0 Å². The van der Waals surface area contributed by atoms with Crippen LogP contribution in [0.4, 0.5) is 10.1 Å². The molecule has 2 heterocycles. The Balaban J connectivity index is 1.67. The summed E-state index contributed by atoms with van der Waals surface area (Å²) in [6, 6.07) is 5.18. The highest BCUT2D eigenvalue weighted by atomic mass is 19.1. The molecule has 0 N–H and O–H groups in total. The predicted octanol–water partition coefficient (Wildman–Crippen LogP) is 1.73. The quantitative estimate of drug-likeness (QED) is 0.612. The van der Waals surface area contributed by atoms with E-state index >= 15 is 0 Å². The standard InChI is InChI=1S/C18H21FN2O4/c1-2-25-18(24)12-7-9-20(10-8-12)15-11-16(22)21(17(15)23)14-6-4-3-5-13(14)19/h3-6,12,15H,2,7-11H2,1H3/t15-/m1/s1. The minimum Gasteiger partial charge on any atom is -0.466 e. The molecule has 0 bridgehead atoms.